The first-order valence-corrected chi connectivity index (χ1v) is 7.71. The number of unbranched alkanes of at least 4 members (excludes halogenated alkanes) is 2. The van der Waals surface area contributed by atoms with E-state index in [2.05, 4.69) is 53.7 Å². The molecule has 102 valence electrons. The van der Waals surface area contributed by atoms with Crippen LogP contribution in [0.25, 0.3) is 0 Å². The molecule has 0 aromatic heterocycles. The third kappa shape index (κ3) is 7.63. The van der Waals surface area contributed by atoms with Crippen LogP contribution in [0.2, 0.25) is 0 Å². The summed E-state index contributed by atoms with van der Waals surface area (Å²) in [5.41, 5.74) is 0. The van der Waals surface area contributed by atoms with E-state index < -0.39 is 0 Å². The van der Waals surface area contributed by atoms with Crippen LogP contribution in [0.15, 0.2) is 12.2 Å². The zero-order valence-electron chi connectivity index (χ0n) is 13.0. The van der Waals surface area contributed by atoms with Crippen molar-refractivity contribution in [3.63, 3.8) is 0 Å². The van der Waals surface area contributed by atoms with Gasteiger partial charge in [0.25, 0.3) is 0 Å². The van der Waals surface area contributed by atoms with E-state index >= 15 is 0 Å². The maximum absolute atomic E-state index is 2.46. The molecule has 0 radical (unpaired) electrons. The van der Waals surface area contributed by atoms with Gasteiger partial charge in [0.1, 0.15) is 0 Å². The lowest BCUT2D eigenvalue weighted by atomic mass is 9.87. The second-order valence-corrected chi connectivity index (χ2v) is 6.03. The summed E-state index contributed by atoms with van der Waals surface area (Å²) < 4.78 is 0. The normalized spacial score (nSPS) is 17.6. The van der Waals surface area contributed by atoms with Crippen LogP contribution in [0.5, 0.6) is 0 Å². The van der Waals surface area contributed by atoms with Crippen LogP contribution < -0.4 is 0 Å². The highest BCUT2D eigenvalue weighted by molar-refractivity contribution is 4.93. The molecular formula is C17H34. The van der Waals surface area contributed by atoms with Crippen LogP contribution in [-0.2, 0) is 0 Å². The van der Waals surface area contributed by atoms with E-state index in [0.29, 0.717) is 0 Å². The Kier molecular flexibility index (Phi) is 9.59. The third-order valence-electron chi connectivity index (χ3n) is 4.15. The molecule has 3 unspecified atom stereocenters. The lowest BCUT2D eigenvalue weighted by molar-refractivity contribution is 0.401. The van der Waals surface area contributed by atoms with Crippen molar-refractivity contribution in [3.05, 3.63) is 12.2 Å². The maximum atomic E-state index is 2.46. The van der Waals surface area contributed by atoms with Crippen molar-refractivity contribution in [2.24, 2.45) is 23.7 Å². The molecule has 0 saturated heterocycles. The molecule has 0 aromatic rings. The van der Waals surface area contributed by atoms with Gasteiger partial charge in [0, 0.05) is 0 Å². The molecule has 0 aliphatic carbocycles. The van der Waals surface area contributed by atoms with Gasteiger partial charge in [0.05, 0.1) is 0 Å². The third-order valence-corrected chi connectivity index (χ3v) is 4.15. The van der Waals surface area contributed by atoms with E-state index in [1.165, 1.54) is 32.1 Å². The van der Waals surface area contributed by atoms with Crippen LogP contribution in [0.3, 0.4) is 0 Å². The molecular weight excluding hydrogens is 204 g/mol. The highest BCUT2D eigenvalue weighted by Crippen LogP contribution is 2.22. The van der Waals surface area contributed by atoms with E-state index in [-0.39, 0.29) is 0 Å². The minimum absolute atomic E-state index is 0.736. The smallest absolute Gasteiger partial charge is 0.0213 e. The predicted molar refractivity (Wildman–Crippen MR) is 80.2 cm³/mol. The molecule has 0 saturated carbocycles. The van der Waals surface area contributed by atoms with Crippen LogP contribution in [0, 0.1) is 23.7 Å². The Bertz CT molecular complexity index is 190. The summed E-state index contributed by atoms with van der Waals surface area (Å²) in [6, 6.07) is 0. The maximum Gasteiger partial charge on any atom is -0.0213 e. The standard InChI is InChI=1S/C17H34/c1-7-9-10-11-15(5)16(6)12-13-17(8-2)14(3)4/h12-17H,7-11H2,1-6H3. The van der Waals surface area contributed by atoms with Gasteiger partial charge >= 0.3 is 0 Å². The topological polar surface area (TPSA) is 0 Å². The average Bonchev–Trinajstić information content (AvgIpc) is 2.29. The van der Waals surface area contributed by atoms with Gasteiger partial charge in [-0.3, -0.25) is 0 Å². The van der Waals surface area contributed by atoms with Gasteiger partial charge in [-0.05, 0) is 30.1 Å². The van der Waals surface area contributed by atoms with Gasteiger partial charge < -0.3 is 0 Å². The van der Waals surface area contributed by atoms with E-state index in [1.54, 1.807) is 0 Å². The second kappa shape index (κ2) is 9.74. The Labute approximate surface area is 110 Å². The van der Waals surface area contributed by atoms with E-state index in [1.807, 2.05) is 0 Å². The van der Waals surface area contributed by atoms with Gasteiger partial charge in [-0.2, -0.15) is 0 Å². The Morgan fingerprint density at radius 2 is 1.53 bits per heavy atom. The van der Waals surface area contributed by atoms with Crippen molar-refractivity contribution >= 4 is 0 Å². The van der Waals surface area contributed by atoms with Crippen LogP contribution in [0.1, 0.15) is 73.6 Å². The summed E-state index contributed by atoms with van der Waals surface area (Å²) in [5, 5.41) is 0. The van der Waals surface area contributed by atoms with Gasteiger partial charge in [-0.25, -0.2) is 0 Å². The van der Waals surface area contributed by atoms with Crippen molar-refractivity contribution in [1.29, 1.82) is 0 Å². The largest absolute Gasteiger partial charge is 0.0851 e. The average molecular weight is 238 g/mol. The second-order valence-electron chi connectivity index (χ2n) is 6.03. The van der Waals surface area contributed by atoms with Crippen molar-refractivity contribution in [2.45, 2.75) is 73.6 Å². The summed E-state index contributed by atoms with van der Waals surface area (Å²) in [6.07, 6.45) is 11.7. The number of allylic oxidation sites excluding steroid dienone is 2. The van der Waals surface area contributed by atoms with Crippen molar-refractivity contribution in [1.82, 2.24) is 0 Å². The first kappa shape index (κ1) is 16.7. The number of hydrogen-bond acceptors (Lipinski definition) is 0. The fourth-order valence-electron chi connectivity index (χ4n) is 2.32. The monoisotopic (exact) mass is 238 g/mol. The lowest BCUT2D eigenvalue weighted by Gasteiger charge is -2.19. The molecule has 0 nitrogen and oxygen atoms in total. The molecule has 17 heavy (non-hydrogen) atoms. The molecule has 0 heteroatoms. The van der Waals surface area contributed by atoms with Crippen molar-refractivity contribution in [3.8, 4) is 0 Å². The van der Waals surface area contributed by atoms with Crippen LogP contribution in [-0.4, -0.2) is 0 Å². The van der Waals surface area contributed by atoms with Gasteiger partial charge in [0.2, 0.25) is 0 Å². The van der Waals surface area contributed by atoms with Crippen molar-refractivity contribution in [2.75, 3.05) is 0 Å². The van der Waals surface area contributed by atoms with Crippen LogP contribution in [0.4, 0.5) is 0 Å². The molecule has 3 atom stereocenters. The van der Waals surface area contributed by atoms with Crippen LogP contribution >= 0.6 is 0 Å². The Balaban J connectivity index is 4.04. The minimum Gasteiger partial charge on any atom is -0.0851 e. The zero-order valence-corrected chi connectivity index (χ0v) is 13.0. The SMILES string of the molecule is CCCCCC(C)C(C)C=CC(CC)C(C)C. The fraction of sp³-hybridized carbons (Fsp3) is 0.882. The molecule has 0 aliphatic rings. The lowest BCUT2D eigenvalue weighted by Crippen LogP contribution is -2.08. The summed E-state index contributed by atoms with van der Waals surface area (Å²) in [6.45, 7) is 14.0. The molecule has 0 aromatic carbocycles. The summed E-state index contributed by atoms with van der Waals surface area (Å²) in [5.74, 6) is 3.11. The van der Waals surface area contributed by atoms with E-state index in [0.717, 1.165) is 23.7 Å². The minimum atomic E-state index is 0.736. The predicted octanol–water partition coefficient (Wildman–Crippen LogP) is 6.08. The molecule has 0 amide bonds. The Morgan fingerprint density at radius 3 is 2.00 bits per heavy atom. The number of rotatable bonds is 9. The quantitative estimate of drug-likeness (QED) is 0.337. The first-order chi connectivity index (χ1) is 8.02. The van der Waals surface area contributed by atoms with Crippen molar-refractivity contribution < 1.29 is 0 Å². The first-order valence-electron chi connectivity index (χ1n) is 7.71. The van der Waals surface area contributed by atoms with E-state index in [4.69, 9.17) is 0 Å². The van der Waals surface area contributed by atoms with E-state index in [9.17, 15) is 0 Å². The molecule has 0 aliphatic heterocycles. The van der Waals surface area contributed by atoms with Gasteiger partial charge in [-0.15, -0.1) is 0 Å². The molecule has 0 heterocycles. The molecule has 0 rings (SSSR count). The van der Waals surface area contributed by atoms with Gasteiger partial charge in [-0.1, -0.05) is 79.4 Å². The Hall–Kier alpha value is -0.260. The number of hydrogen-bond donors (Lipinski definition) is 0. The molecule has 0 bridgehead atoms. The molecule has 0 fully saturated rings. The fourth-order valence-corrected chi connectivity index (χ4v) is 2.32. The zero-order chi connectivity index (χ0) is 13.3. The summed E-state index contributed by atoms with van der Waals surface area (Å²) >= 11 is 0. The Morgan fingerprint density at radius 1 is 0.882 bits per heavy atom. The highest BCUT2D eigenvalue weighted by Gasteiger charge is 2.11. The molecule has 0 spiro atoms. The van der Waals surface area contributed by atoms with Gasteiger partial charge in [0.15, 0.2) is 0 Å². The summed E-state index contributed by atoms with van der Waals surface area (Å²) in [7, 11) is 0. The highest BCUT2D eigenvalue weighted by atomic mass is 14.2. The molecule has 0 N–H and O–H groups in total. The summed E-state index contributed by atoms with van der Waals surface area (Å²) in [4.78, 5) is 0.